The van der Waals surface area contributed by atoms with Gasteiger partial charge in [0.25, 0.3) is 0 Å². The Bertz CT molecular complexity index is 634. The van der Waals surface area contributed by atoms with Crippen LogP contribution in [0, 0.1) is 5.92 Å². The number of rotatable bonds is 6. The molecule has 0 spiro atoms. The summed E-state index contributed by atoms with van der Waals surface area (Å²) in [5, 5.41) is 7.23. The summed E-state index contributed by atoms with van der Waals surface area (Å²) in [5.74, 6) is 1.45. The number of ether oxygens (including phenoxy) is 1. The number of nitrogens with zero attached hydrogens (tertiary/aromatic N) is 3. The second kappa shape index (κ2) is 10.4. The van der Waals surface area contributed by atoms with Crippen LogP contribution in [0.5, 0.6) is 0 Å². The van der Waals surface area contributed by atoms with E-state index in [1.165, 1.54) is 5.56 Å². The molecule has 1 fully saturated rings. The minimum atomic E-state index is 0. The highest BCUT2D eigenvalue weighted by molar-refractivity contribution is 14.0. The fraction of sp³-hybridized carbons (Fsp3) is 0.444. The molecule has 1 aromatic carbocycles. The Morgan fingerprint density at radius 1 is 1.36 bits per heavy atom. The maximum atomic E-state index is 5.87. The van der Waals surface area contributed by atoms with Gasteiger partial charge < -0.3 is 19.5 Å². The molecule has 1 saturated heterocycles. The maximum Gasteiger partial charge on any atom is 0.193 e. The lowest BCUT2D eigenvalue weighted by Gasteiger charge is -2.21. The number of halogens is 1. The summed E-state index contributed by atoms with van der Waals surface area (Å²) < 4.78 is 10.7. The maximum absolute atomic E-state index is 5.87. The van der Waals surface area contributed by atoms with Gasteiger partial charge in [-0.25, -0.2) is 0 Å². The van der Waals surface area contributed by atoms with Gasteiger partial charge in [0.1, 0.15) is 12.0 Å². The van der Waals surface area contributed by atoms with Crippen molar-refractivity contribution >= 4 is 29.9 Å². The SMILES string of the molecule is CN=C(NCc1ccon1)N1CCC(COCc2ccccc2)C1.I. The number of hydrogen-bond acceptors (Lipinski definition) is 4. The zero-order valence-electron chi connectivity index (χ0n) is 14.4. The molecule has 25 heavy (non-hydrogen) atoms. The van der Waals surface area contributed by atoms with E-state index < -0.39 is 0 Å². The Labute approximate surface area is 165 Å². The van der Waals surface area contributed by atoms with Crippen molar-refractivity contribution < 1.29 is 9.26 Å². The smallest absolute Gasteiger partial charge is 0.193 e. The molecule has 0 amide bonds. The van der Waals surface area contributed by atoms with Crippen LogP contribution in [0.3, 0.4) is 0 Å². The summed E-state index contributed by atoms with van der Waals surface area (Å²) in [6, 6.07) is 12.1. The molecule has 1 N–H and O–H groups in total. The zero-order valence-corrected chi connectivity index (χ0v) is 16.8. The van der Waals surface area contributed by atoms with Gasteiger partial charge in [-0.05, 0) is 12.0 Å². The van der Waals surface area contributed by atoms with Gasteiger partial charge in [0, 0.05) is 32.1 Å². The molecule has 2 heterocycles. The van der Waals surface area contributed by atoms with Crippen molar-refractivity contribution in [2.45, 2.75) is 19.6 Å². The first kappa shape index (κ1) is 19.7. The van der Waals surface area contributed by atoms with E-state index in [0.29, 0.717) is 19.1 Å². The summed E-state index contributed by atoms with van der Waals surface area (Å²) in [7, 11) is 1.81. The molecular formula is C18H25IN4O2. The Balaban J connectivity index is 0.00000225. The van der Waals surface area contributed by atoms with E-state index in [0.717, 1.165) is 37.8 Å². The first-order valence-corrected chi connectivity index (χ1v) is 8.31. The van der Waals surface area contributed by atoms with Crippen LogP contribution in [0.1, 0.15) is 17.7 Å². The quantitative estimate of drug-likeness (QED) is 0.412. The highest BCUT2D eigenvalue weighted by Gasteiger charge is 2.25. The molecule has 1 aliphatic rings. The van der Waals surface area contributed by atoms with E-state index in [-0.39, 0.29) is 24.0 Å². The van der Waals surface area contributed by atoms with E-state index in [9.17, 15) is 0 Å². The number of hydrogen-bond donors (Lipinski definition) is 1. The second-order valence-corrected chi connectivity index (χ2v) is 5.99. The van der Waals surface area contributed by atoms with Crippen molar-refractivity contribution in [1.82, 2.24) is 15.4 Å². The van der Waals surface area contributed by atoms with Gasteiger partial charge in [-0.15, -0.1) is 24.0 Å². The standard InChI is InChI=1S/C18H24N4O2.HI/c1-19-18(20-11-17-8-10-24-21-17)22-9-7-16(12-22)14-23-13-15-5-3-2-4-6-15;/h2-6,8,10,16H,7,9,11-14H2,1H3,(H,19,20);1H. The average molecular weight is 456 g/mol. The zero-order chi connectivity index (χ0) is 16.6. The van der Waals surface area contributed by atoms with E-state index in [2.05, 4.69) is 32.5 Å². The molecule has 0 radical (unpaired) electrons. The van der Waals surface area contributed by atoms with Gasteiger partial charge in [0.2, 0.25) is 0 Å². The number of benzene rings is 1. The van der Waals surface area contributed by atoms with Crippen LogP contribution in [0.15, 0.2) is 52.2 Å². The number of likely N-dealkylation sites (tertiary alicyclic amines) is 1. The third-order valence-electron chi connectivity index (χ3n) is 4.18. The average Bonchev–Trinajstić information content (AvgIpc) is 3.29. The van der Waals surface area contributed by atoms with Crippen molar-refractivity contribution in [3.8, 4) is 0 Å². The molecule has 0 bridgehead atoms. The summed E-state index contributed by atoms with van der Waals surface area (Å²) in [6.07, 6.45) is 2.70. The lowest BCUT2D eigenvalue weighted by Crippen LogP contribution is -2.39. The molecular weight excluding hydrogens is 431 g/mol. The van der Waals surface area contributed by atoms with Crippen LogP contribution >= 0.6 is 24.0 Å². The number of aliphatic imine (C=N–C) groups is 1. The van der Waals surface area contributed by atoms with Crippen LogP contribution in [0.4, 0.5) is 0 Å². The first-order valence-electron chi connectivity index (χ1n) is 8.31. The van der Waals surface area contributed by atoms with Crippen molar-refractivity contribution in [3.05, 3.63) is 53.9 Å². The first-order chi connectivity index (χ1) is 11.8. The molecule has 0 saturated carbocycles. The van der Waals surface area contributed by atoms with Gasteiger partial charge in [-0.1, -0.05) is 35.5 Å². The van der Waals surface area contributed by atoms with E-state index in [4.69, 9.17) is 9.26 Å². The Kier molecular flexibility index (Phi) is 8.20. The van der Waals surface area contributed by atoms with Gasteiger partial charge in [-0.2, -0.15) is 0 Å². The molecule has 1 aromatic heterocycles. The Morgan fingerprint density at radius 3 is 2.92 bits per heavy atom. The highest BCUT2D eigenvalue weighted by Crippen LogP contribution is 2.17. The van der Waals surface area contributed by atoms with Crippen LogP contribution in [0.25, 0.3) is 0 Å². The van der Waals surface area contributed by atoms with Crippen LogP contribution in [-0.4, -0.2) is 42.8 Å². The molecule has 136 valence electrons. The molecule has 6 nitrogen and oxygen atoms in total. The van der Waals surface area contributed by atoms with Crippen molar-refractivity contribution in [3.63, 3.8) is 0 Å². The van der Waals surface area contributed by atoms with Gasteiger partial charge in [0.15, 0.2) is 5.96 Å². The van der Waals surface area contributed by atoms with Gasteiger partial charge in [0.05, 0.1) is 19.8 Å². The highest BCUT2D eigenvalue weighted by atomic mass is 127. The predicted octanol–water partition coefficient (Wildman–Crippen LogP) is 2.91. The van der Waals surface area contributed by atoms with Crippen molar-refractivity contribution in [1.29, 1.82) is 0 Å². The van der Waals surface area contributed by atoms with E-state index in [1.54, 1.807) is 6.26 Å². The lowest BCUT2D eigenvalue weighted by molar-refractivity contribution is 0.0906. The molecule has 3 rings (SSSR count). The predicted molar refractivity (Wildman–Crippen MR) is 108 cm³/mol. The van der Waals surface area contributed by atoms with Gasteiger partial charge >= 0.3 is 0 Å². The minimum absolute atomic E-state index is 0. The fourth-order valence-electron chi connectivity index (χ4n) is 2.91. The van der Waals surface area contributed by atoms with Crippen LogP contribution < -0.4 is 5.32 Å². The van der Waals surface area contributed by atoms with E-state index in [1.807, 2.05) is 31.3 Å². The Morgan fingerprint density at radius 2 is 2.20 bits per heavy atom. The molecule has 0 aliphatic carbocycles. The third kappa shape index (κ3) is 6.00. The number of aromatic nitrogens is 1. The topological polar surface area (TPSA) is 62.9 Å². The minimum Gasteiger partial charge on any atom is -0.376 e. The fourth-order valence-corrected chi connectivity index (χ4v) is 2.91. The monoisotopic (exact) mass is 456 g/mol. The molecule has 1 aliphatic heterocycles. The number of guanidine groups is 1. The second-order valence-electron chi connectivity index (χ2n) is 5.99. The van der Waals surface area contributed by atoms with Crippen LogP contribution in [0.2, 0.25) is 0 Å². The molecule has 2 aromatic rings. The molecule has 1 atom stereocenters. The Hall–Kier alpha value is -1.61. The lowest BCUT2D eigenvalue weighted by atomic mass is 10.1. The molecule has 1 unspecified atom stereocenters. The van der Waals surface area contributed by atoms with Gasteiger partial charge in [-0.3, -0.25) is 4.99 Å². The summed E-state index contributed by atoms with van der Waals surface area (Å²) >= 11 is 0. The third-order valence-corrected chi connectivity index (χ3v) is 4.18. The normalized spacial score (nSPS) is 17.4. The van der Waals surface area contributed by atoms with Crippen molar-refractivity contribution in [2.24, 2.45) is 10.9 Å². The summed E-state index contributed by atoms with van der Waals surface area (Å²) in [5.41, 5.74) is 2.09. The molecule has 7 heteroatoms. The van der Waals surface area contributed by atoms with Crippen molar-refractivity contribution in [2.75, 3.05) is 26.7 Å². The van der Waals surface area contributed by atoms with E-state index >= 15 is 0 Å². The summed E-state index contributed by atoms with van der Waals surface area (Å²) in [6.45, 7) is 4.04. The number of nitrogens with one attached hydrogen (secondary N) is 1. The summed E-state index contributed by atoms with van der Waals surface area (Å²) in [4.78, 5) is 6.64. The van der Waals surface area contributed by atoms with Crippen LogP contribution in [-0.2, 0) is 17.9 Å². The largest absolute Gasteiger partial charge is 0.376 e.